The van der Waals surface area contributed by atoms with Gasteiger partial charge >= 0.3 is 0 Å². The molecule has 1 amide bonds. The number of rotatable bonds is 3. The van der Waals surface area contributed by atoms with Crippen LogP contribution in [-0.2, 0) is 10.1 Å². The van der Waals surface area contributed by atoms with Gasteiger partial charge in [0.1, 0.15) is 16.4 Å². The molecule has 0 spiro atoms. The number of benzene rings is 5. The lowest BCUT2D eigenvalue weighted by Crippen LogP contribution is -2.12. The molecule has 8 heteroatoms. The Bertz CT molecular complexity index is 1990. The lowest BCUT2D eigenvalue weighted by molar-refractivity contribution is 0.102. The largest absolute Gasteiger partial charge is 0.507 e. The standard InChI is InChI=1S/C21H21NO2.C13H14O4S/c1-12-6-5-7-16(8-12)21(24)22-19-11-18-17(10-14(19)3)9-13(2)15(4)20(18)23;1-7-4-10-6-12(18(15,16)17)9(3)13(14)11(10)5-8(7)2/h5-11,23H,1-4H3,(H,22,24);4-6,14H,1-3H3,(H,15,16,17). The molecular formula is C34H35NO6S. The number of hydrogen-bond donors (Lipinski definition) is 4. The molecule has 42 heavy (non-hydrogen) atoms. The van der Waals surface area contributed by atoms with E-state index in [0.717, 1.165) is 44.2 Å². The van der Waals surface area contributed by atoms with Crippen LogP contribution in [0.25, 0.3) is 21.5 Å². The molecule has 0 fully saturated rings. The maximum Gasteiger partial charge on any atom is 0.294 e. The fourth-order valence-electron chi connectivity index (χ4n) is 4.90. The van der Waals surface area contributed by atoms with Gasteiger partial charge in [-0.05, 0) is 123 Å². The van der Waals surface area contributed by atoms with Crippen LogP contribution < -0.4 is 5.32 Å². The highest BCUT2D eigenvalue weighted by Gasteiger charge is 2.19. The van der Waals surface area contributed by atoms with Crippen LogP contribution in [0.5, 0.6) is 11.5 Å². The van der Waals surface area contributed by atoms with Crippen LogP contribution in [-0.4, -0.2) is 29.1 Å². The van der Waals surface area contributed by atoms with Crippen molar-refractivity contribution < 1.29 is 28.0 Å². The Morgan fingerprint density at radius 1 is 0.667 bits per heavy atom. The molecule has 0 atom stereocenters. The van der Waals surface area contributed by atoms with E-state index in [0.29, 0.717) is 22.0 Å². The van der Waals surface area contributed by atoms with Crippen molar-refractivity contribution in [2.45, 2.75) is 53.4 Å². The third-order valence-corrected chi connectivity index (χ3v) is 8.69. The lowest BCUT2D eigenvalue weighted by atomic mass is 9.98. The van der Waals surface area contributed by atoms with Crippen LogP contribution in [0.1, 0.15) is 49.3 Å². The third-order valence-electron chi connectivity index (χ3n) is 7.71. The van der Waals surface area contributed by atoms with Gasteiger partial charge in [0.2, 0.25) is 0 Å². The number of phenolic OH excluding ortho intramolecular Hbond substituents is 2. The number of anilines is 1. The van der Waals surface area contributed by atoms with E-state index in [1.807, 2.05) is 71.9 Å². The highest BCUT2D eigenvalue weighted by Crippen LogP contribution is 2.36. The van der Waals surface area contributed by atoms with E-state index >= 15 is 0 Å². The normalized spacial score (nSPS) is 11.3. The summed E-state index contributed by atoms with van der Waals surface area (Å²) in [5.41, 5.74) is 7.43. The first-order chi connectivity index (χ1) is 19.6. The highest BCUT2D eigenvalue weighted by atomic mass is 32.2. The minimum absolute atomic E-state index is 0.108. The zero-order chi connectivity index (χ0) is 31.1. The first-order valence-electron chi connectivity index (χ1n) is 13.4. The van der Waals surface area contributed by atoms with Gasteiger partial charge in [0, 0.05) is 27.6 Å². The summed E-state index contributed by atoms with van der Waals surface area (Å²) in [4.78, 5) is 12.2. The fourth-order valence-corrected chi connectivity index (χ4v) is 5.66. The van der Waals surface area contributed by atoms with Crippen molar-refractivity contribution in [3.63, 3.8) is 0 Å². The number of amides is 1. The number of carbonyl (C=O) groups excluding carboxylic acids is 1. The maximum absolute atomic E-state index is 12.5. The quantitative estimate of drug-likeness (QED) is 0.161. The average molecular weight is 586 g/mol. The van der Waals surface area contributed by atoms with Crippen molar-refractivity contribution >= 4 is 43.3 Å². The highest BCUT2D eigenvalue weighted by molar-refractivity contribution is 7.85. The molecule has 4 N–H and O–H groups in total. The number of aromatic hydroxyl groups is 2. The van der Waals surface area contributed by atoms with E-state index in [-0.39, 0.29) is 27.9 Å². The van der Waals surface area contributed by atoms with Crippen LogP contribution in [0.2, 0.25) is 0 Å². The number of fused-ring (bicyclic) bond motifs is 2. The van der Waals surface area contributed by atoms with E-state index in [9.17, 15) is 23.4 Å². The SMILES string of the molecule is Cc1cc2cc(S(=O)(=O)O)c(C)c(O)c2cc1C.Cc1cccc(C(=O)Nc2cc3c(O)c(C)c(C)cc3cc2C)c1. The predicted molar refractivity (Wildman–Crippen MR) is 169 cm³/mol. The van der Waals surface area contributed by atoms with Crippen LogP contribution in [0.15, 0.2) is 65.6 Å². The second-order valence-corrected chi connectivity index (χ2v) is 12.2. The Labute approximate surface area is 246 Å². The van der Waals surface area contributed by atoms with E-state index in [2.05, 4.69) is 11.4 Å². The van der Waals surface area contributed by atoms with Gasteiger partial charge < -0.3 is 15.5 Å². The molecule has 0 unspecified atom stereocenters. The van der Waals surface area contributed by atoms with Crippen molar-refractivity contribution in [1.82, 2.24) is 0 Å². The Hall–Kier alpha value is -4.40. The molecule has 0 bridgehead atoms. The molecule has 5 aromatic rings. The van der Waals surface area contributed by atoms with E-state index in [1.165, 1.54) is 13.0 Å². The molecular weight excluding hydrogens is 550 g/mol. The number of phenols is 2. The summed E-state index contributed by atoms with van der Waals surface area (Å²) in [6.45, 7) is 13.1. The maximum atomic E-state index is 12.5. The summed E-state index contributed by atoms with van der Waals surface area (Å²) in [5.74, 6) is 0.0174. The smallest absolute Gasteiger partial charge is 0.294 e. The molecule has 0 aliphatic rings. The van der Waals surface area contributed by atoms with Gasteiger partial charge in [-0.2, -0.15) is 8.42 Å². The third kappa shape index (κ3) is 6.10. The Kier molecular flexibility index (Phi) is 8.34. The molecule has 5 aromatic carbocycles. The first-order valence-corrected chi connectivity index (χ1v) is 14.8. The second-order valence-electron chi connectivity index (χ2n) is 10.9. The molecule has 218 valence electrons. The number of aryl methyl sites for hydroxylation is 5. The van der Waals surface area contributed by atoms with Gasteiger partial charge in [-0.15, -0.1) is 0 Å². The van der Waals surface area contributed by atoms with Crippen molar-refractivity contribution in [2.75, 3.05) is 5.32 Å². The fraction of sp³-hybridized carbons (Fsp3) is 0.206. The van der Waals surface area contributed by atoms with Gasteiger partial charge in [0.05, 0.1) is 0 Å². The topological polar surface area (TPSA) is 124 Å². The number of carbonyl (C=O) groups is 1. The van der Waals surface area contributed by atoms with Gasteiger partial charge in [0.25, 0.3) is 16.0 Å². The molecule has 0 aliphatic heterocycles. The minimum atomic E-state index is -4.33. The van der Waals surface area contributed by atoms with E-state index in [1.54, 1.807) is 18.2 Å². The molecule has 0 aliphatic carbocycles. The van der Waals surface area contributed by atoms with Crippen molar-refractivity contribution in [3.05, 3.63) is 105 Å². The Balaban J connectivity index is 0.000000201. The van der Waals surface area contributed by atoms with Crippen molar-refractivity contribution in [2.24, 2.45) is 0 Å². The van der Waals surface area contributed by atoms with Gasteiger partial charge in [0.15, 0.2) is 0 Å². The monoisotopic (exact) mass is 585 g/mol. The van der Waals surface area contributed by atoms with Crippen molar-refractivity contribution in [3.8, 4) is 11.5 Å². The summed E-state index contributed by atoms with van der Waals surface area (Å²) >= 11 is 0. The molecule has 0 aromatic heterocycles. The first kappa shape index (κ1) is 30.6. The molecule has 5 rings (SSSR count). The van der Waals surface area contributed by atoms with E-state index < -0.39 is 10.1 Å². The number of nitrogens with one attached hydrogen (secondary N) is 1. The van der Waals surface area contributed by atoms with E-state index in [4.69, 9.17) is 4.55 Å². The summed E-state index contributed by atoms with van der Waals surface area (Å²) in [5, 5.41) is 26.3. The second kappa shape index (κ2) is 11.5. The van der Waals surface area contributed by atoms with Crippen LogP contribution in [0.3, 0.4) is 0 Å². The minimum Gasteiger partial charge on any atom is -0.507 e. The van der Waals surface area contributed by atoms with Crippen LogP contribution >= 0.6 is 0 Å². The Morgan fingerprint density at radius 2 is 1.21 bits per heavy atom. The molecule has 0 heterocycles. The molecule has 0 saturated heterocycles. The molecule has 7 nitrogen and oxygen atoms in total. The van der Waals surface area contributed by atoms with Crippen LogP contribution in [0.4, 0.5) is 5.69 Å². The summed E-state index contributed by atoms with van der Waals surface area (Å²) < 4.78 is 31.6. The summed E-state index contributed by atoms with van der Waals surface area (Å²) in [7, 11) is -4.33. The zero-order valence-corrected chi connectivity index (χ0v) is 25.6. The zero-order valence-electron chi connectivity index (χ0n) is 24.7. The average Bonchev–Trinajstić information content (AvgIpc) is 2.91. The predicted octanol–water partition coefficient (Wildman–Crippen LogP) is 7.75. The molecule has 0 radical (unpaired) electrons. The van der Waals surface area contributed by atoms with Gasteiger partial charge in [-0.1, -0.05) is 29.8 Å². The summed E-state index contributed by atoms with van der Waals surface area (Å²) in [6, 6.07) is 18.4. The van der Waals surface area contributed by atoms with Crippen molar-refractivity contribution in [1.29, 1.82) is 0 Å². The number of hydrogen-bond acceptors (Lipinski definition) is 5. The Morgan fingerprint density at radius 3 is 1.86 bits per heavy atom. The lowest BCUT2D eigenvalue weighted by Gasteiger charge is -2.13. The van der Waals surface area contributed by atoms with Gasteiger partial charge in [-0.3, -0.25) is 9.35 Å². The molecule has 0 saturated carbocycles. The van der Waals surface area contributed by atoms with Gasteiger partial charge in [-0.25, -0.2) is 0 Å². The summed E-state index contributed by atoms with van der Waals surface area (Å²) in [6.07, 6.45) is 0. The van der Waals surface area contributed by atoms with Crippen LogP contribution in [0, 0.1) is 48.5 Å².